The van der Waals surface area contributed by atoms with Crippen molar-refractivity contribution in [2.24, 2.45) is 0 Å². The smallest absolute Gasteiger partial charge is 0.0640 e. The van der Waals surface area contributed by atoms with Crippen molar-refractivity contribution in [2.45, 2.75) is 0 Å². The van der Waals surface area contributed by atoms with Gasteiger partial charge in [-0.2, -0.15) is 0 Å². The molecule has 0 amide bonds. The highest BCUT2D eigenvalue weighted by Crippen LogP contribution is 2.58. The Kier molecular flexibility index (Phi) is 10.2. The summed E-state index contributed by atoms with van der Waals surface area (Å²) in [6.45, 7) is 0. The molecule has 0 saturated heterocycles. The molecule has 10 aromatic rings. The molecule has 0 saturated carbocycles. The Hall–Kier alpha value is -7.72. The number of thiophene rings is 1. The van der Waals surface area contributed by atoms with Crippen molar-refractivity contribution in [2.75, 3.05) is 11.5 Å². The minimum absolute atomic E-state index is 0.541. The van der Waals surface area contributed by atoms with Crippen molar-refractivity contribution in [3.8, 4) is 99.5 Å². The molecule has 3 heteroatoms. The molecule has 0 fully saturated rings. The van der Waals surface area contributed by atoms with Gasteiger partial charge in [0.2, 0.25) is 0 Å². The largest absolute Gasteiger partial charge is 0.397 e. The van der Waals surface area contributed by atoms with Gasteiger partial charge in [0.15, 0.2) is 0 Å². The highest BCUT2D eigenvalue weighted by atomic mass is 32.1. The van der Waals surface area contributed by atoms with Gasteiger partial charge in [0.1, 0.15) is 0 Å². The van der Waals surface area contributed by atoms with Crippen LogP contribution in [0.25, 0.3) is 99.5 Å². The summed E-state index contributed by atoms with van der Waals surface area (Å²) in [4.78, 5) is 1.15. The Bertz CT molecular complexity index is 3120. The molecule has 0 unspecified atom stereocenters. The fourth-order valence-electron chi connectivity index (χ4n) is 8.90. The third kappa shape index (κ3) is 6.91. The molecule has 61 heavy (non-hydrogen) atoms. The summed E-state index contributed by atoms with van der Waals surface area (Å²) in [5.41, 5.74) is 34.6. The summed E-state index contributed by atoms with van der Waals surface area (Å²) in [5.74, 6) is 0. The fourth-order valence-corrected chi connectivity index (χ4v) is 9.70. The van der Waals surface area contributed by atoms with Crippen molar-refractivity contribution in [3.63, 3.8) is 0 Å². The van der Waals surface area contributed by atoms with Crippen LogP contribution in [0.15, 0.2) is 230 Å². The van der Waals surface area contributed by atoms with Crippen LogP contribution in [-0.2, 0) is 0 Å². The van der Waals surface area contributed by atoms with E-state index in [4.69, 9.17) is 11.5 Å². The van der Waals surface area contributed by atoms with Crippen LogP contribution in [0.2, 0.25) is 0 Å². The van der Waals surface area contributed by atoms with E-state index in [1.165, 1.54) is 0 Å². The van der Waals surface area contributed by atoms with Gasteiger partial charge < -0.3 is 11.5 Å². The third-order valence-electron chi connectivity index (χ3n) is 11.6. The van der Waals surface area contributed by atoms with Crippen LogP contribution < -0.4 is 11.5 Å². The number of nitrogen functional groups attached to an aromatic ring is 2. The maximum absolute atomic E-state index is 7.75. The SMILES string of the molecule is Nc1c(N)c(-c2cccc(-c3ccccc3)c2-c2cccs2)c(-c2ccccc2-c2ccccc2)c(-c2ccccc2-c2ccccc2)c1-c1ccccc1-c1ccccc1. The normalized spacial score (nSPS) is 11.1. The van der Waals surface area contributed by atoms with Crippen LogP contribution in [0, 0.1) is 0 Å². The van der Waals surface area contributed by atoms with Crippen LogP contribution in [0.5, 0.6) is 0 Å². The van der Waals surface area contributed by atoms with Crippen molar-refractivity contribution < 1.29 is 0 Å². The second-order valence-electron chi connectivity index (χ2n) is 15.1. The molecule has 1 aromatic heterocycles. The quantitative estimate of drug-likeness (QED) is 0.143. The van der Waals surface area contributed by atoms with Crippen LogP contribution in [0.4, 0.5) is 11.4 Å². The van der Waals surface area contributed by atoms with E-state index in [-0.39, 0.29) is 0 Å². The van der Waals surface area contributed by atoms with Crippen molar-refractivity contribution >= 4 is 22.7 Å². The zero-order valence-electron chi connectivity index (χ0n) is 33.5. The molecular weight excluding hydrogens is 757 g/mol. The lowest BCUT2D eigenvalue weighted by Crippen LogP contribution is -2.07. The molecule has 0 bridgehead atoms. The molecule has 1 heterocycles. The van der Waals surface area contributed by atoms with E-state index in [0.29, 0.717) is 11.4 Å². The Labute approximate surface area is 361 Å². The number of anilines is 2. The summed E-state index contributed by atoms with van der Waals surface area (Å²) < 4.78 is 0. The predicted molar refractivity (Wildman–Crippen MR) is 262 cm³/mol. The predicted octanol–water partition coefficient (Wildman–Crippen LogP) is 15.9. The standard InChI is InChI=1S/C58H42N2S/c59-57-55(49-34-18-15-31-45(49)41-25-9-3-10-26-41)53(47-32-16-13-29-43(47)39-21-5-1-6-22-39)54(48-33-17-14-30-44(48)40-23-7-2-8-24-40)56(58(57)60)50-36-19-35-46(42-27-11-4-12-28-42)52(50)51-37-20-38-61-51/h1-38H,59-60H2. The van der Waals surface area contributed by atoms with E-state index in [1.807, 2.05) is 0 Å². The lowest BCUT2D eigenvalue weighted by molar-refractivity contribution is 1.51. The van der Waals surface area contributed by atoms with Crippen molar-refractivity contribution in [1.82, 2.24) is 0 Å². The molecule has 0 aliphatic heterocycles. The number of hydrogen-bond donors (Lipinski definition) is 2. The summed E-state index contributed by atoms with van der Waals surface area (Å²) in [6.07, 6.45) is 0. The van der Waals surface area contributed by atoms with Crippen LogP contribution in [-0.4, -0.2) is 0 Å². The molecule has 10 rings (SSSR count). The summed E-state index contributed by atoms with van der Waals surface area (Å²) in [7, 11) is 0. The second-order valence-corrected chi connectivity index (χ2v) is 16.1. The first-order valence-electron chi connectivity index (χ1n) is 20.6. The Balaban J connectivity index is 1.45. The minimum atomic E-state index is 0.541. The molecule has 290 valence electrons. The van der Waals surface area contributed by atoms with Gasteiger partial charge in [-0.1, -0.05) is 218 Å². The first-order chi connectivity index (χ1) is 30.2. The number of hydrogen-bond acceptors (Lipinski definition) is 3. The average molecular weight is 799 g/mol. The number of nitrogens with two attached hydrogens (primary N) is 2. The Morgan fingerprint density at radius 2 is 0.541 bits per heavy atom. The number of rotatable bonds is 9. The molecule has 2 nitrogen and oxygen atoms in total. The lowest BCUT2D eigenvalue weighted by Gasteiger charge is -2.29. The molecule has 0 aliphatic rings. The van der Waals surface area contributed by atoms with Gasteiger partial charge in [0.25, 0.3) is 0 Å². The topological polar surface area (TPSA) is 52.0 Å². The van der Waals surface area contributed by atoms with Gasteiger partial charge in [-0.05, 0) is 78.2 Å². The Morgan fingerprint density at radius 3 is 0.934 bits per heavy atom. The van der Waals surface area contributed by atoms with Crippen LogP contribution in [0.1, 0.15) is 0 Å². The molecule has 9 aromatic carbocycles. The number of benzene rings is 9. The molecule has 0 spiro atoms. The van der Waals surface area contributed by atoms with Gasteiger partial charge >= 0.3 is 0 Å². The zero-order valence-corrected chi connectivity index (χ0v) is 34.3. The maximum Gasteiger partial charge on any atom is 0.0640 e. The lowest BCUT2D eigenvalue weighted by atomic mass is 9.75. The van der Waals surface area contributed by atoms with E-state index < -0.39 is 0 Å². The second kappa shape index (κ2) is 16.5. The molecule has 0 aliphatic carbocycles. The van der Waals surface area contributed by atoms with E-state index in [2.05, 4.69) is 230 Å². The Morgan fingerprint density at radius 1 is 0.230 bits per heavy atom. The van der Waals surface area contributed by atoms with E-state index >= 15 is 0 Å². The van der Waals surface area contributed by atoms with E-state index in [9.17, 15) is 0 Å². The van der Waals surface area contributed by atoms with Gasteiger partial charge in [-0.25, -0.2) is 0 Å². The summed E-state index contributed by atoms with van der Waals surface area (Å²) in [6, 6.07) is 79.6. The van der Waals surface area contributed by atoms with Crippen LogP contribution in [0.3, 0.4) is 0 Å². The highest BCUT2D eigenvalue weighted by Gasteiger charge is 2.31. The van der Waals surface area contributed by atoms with Crippen molar-refractivity contribution in [3.05, 3.63) is 230 Å². The van der Waals surface area contributed by atoms with Gasteiger partial charge in [-0.15, -0.1) is 11.3 Å². The maximum atomic E-state index is 7.75. The van der Waals surface area contributed by atoms with Gasteiger partial charge in [0.05, 0.1) is 11.4 Å². The highest BCUT2D eigenvalue weighted by molar-refractivity contribution is 7.13. The minimum Gasteiger partial charge on any atom is -0.397 e. The third-order valence-corrected chi connectivity index (χ3v) is 12.5. The van der Waals surface area contributed by atoms with E-state index in [0.717, 1.165) is 99.5 Å². The summed E-state index contributed by atoms with van der Waals surface area (Å²) in [5, 5.41) is 2.15. The fraction of sp³-hybridized carbons (Fsp3) is 0. The van der Waals surface area contributed by atoms with Crippen LogP contribution >= 0.6 is 11.3 Å². The van der Waals surface area contributed by atoms with Crippen molar-refractivity contribution in [1.29, 1.82) is 0 Å². The first-order valence-corrected chi connectivity index (χ1v) is 21.5. The summed E-state index contributed by atoms with van der Waals surface area (Å²) >= 11 is 1.73. The molecule has 0 radical (unpaired) electrons. The first kappa shape index (κ1) is 37.5. The van der Waals surface area contributed by atoms with Gasteiger partial charge in [-0.3, -0.25) is 0 Å². The molecular formula is C58H42N2S. The zero-order chi connectivity index (χ0) is 41.1. The average Bonchev–Trinajstić information content (AvgIpc) is 3.88. The molecule has 0 atom stereocenters. The monoisotopic (exact) mass is 798 g/mol. The van der Waals surface area contributed by atoms with E-state index in [1.54, 1.807) is 11.3 Å². The molecule has 4 N–H and O–H groups in total. The van der Waals surface area contributed by atoms with Gasteiger partial charge in [0, 0.05) is 32.7 Å².